The number of carbonyl (C=O) groups is 1. The fourth-order valence-electron chi connectivity index (χ4n) is 1.98. The highest BCUT2D eigenvalue weighted by Crippen LogP contribution is 2.23. The molecule has 20 heavy (non-hydrogen) atoms. The zero-order valence-corrected chi connectivity index (χ0v) is 14.4. The van der Waals surface area contributed by atoms with Crippen LogP contribution >= 0.6 is 31.9 Å². The molecule has 0 saturated carbocycles. The number of halogens is 2. The Morgan fingerprint density at radius 1 is 1.15 bits per heavy atom. The molecule has 1 heterocycles. The summed E-state index contributed by atoms with van der Waals surface area (Å²) in [4.78, 5) is 14.0. The first-order chi connectivity index (χ1) is 9.29. The van der Waals surface area contributed by atoms with Crippen LogP contribution in [-0.2, 0) is 10.2 Å². The topological polar surface area (TPSA) is 83.7 Å². The molecule has 0 bridgehead atoms. The van der Waals surface area contributed by atoms with Crippen molar-refractivity contribution in [1.82, 2.24) is 9.21 Å². The average molecular weight is 427 g/mol. The minimum absolute atomic E-state index is 0.132. The third kappa shape index (κ3) is 3.59. The van der Waals surface area contributed by atoms with E-state index in [0.717, 1.165) is 4.47 Å². The zero-order chi connectivity index (χ0) is 14.9. The predicted octanol–water partition coefficient (Wildman–Crippen LogP) is 1.17. The van der Waals surface area contributed by atoms with E-state index in [1.54, 1.807) is 17.0 Å². The number of hydrogen-bond acceptors (Lipinski definition) is 3. The molecule has 2 rings (SSSR count). The van der Waals surface area contributed by atoms with Crippen molar-refractivity contribution >= 4 is 48.0 Å². The normalized spacial score (nSPS) is 17.2. The van der Waals surface area contributed by atoms with E-state index in [1.165, 1.54) is 4.31 Å². The third-order valence-corrected chi connectivity index (χ3v) is 5.31. The van der Waals surface area contributed by atoms with Crippen LogP contribution in [-0.4, -0.2) is 49.7 Å². The van der Waals surface area contributed by atoms with Gasteiger partial charge in [0.05, 0.1) is 5.56 Å². The molecule has 6 nitrogen and oxygen atoms in total. The van der Waals surface area contributed by atoms with Crippen LogP contribution in [0.3, 0.4) is 0 Å². The van der Waals surface area contributed by atoms with Crippen molar-refractivity contribution in [2.45, 2.75) is 0 Å². The van der Waals surface area contributed by atoms with Crippen molar-refractivity contribution in [1.29, 1.82) is 0 Å². The minimum atomic E-state index is -3.68. The van der Waals surface area contributed by atoms with Crippen molar-refractivity contribution in [2.75, 3.05) is 26.2 Å². The molecule has 110 valence electrons. The van der Waals surface area contributed by atoms with E-state index in [-0.39, 0.29) is 19.0 Å². The summed E-state index contributed by atoms with van der Waals surface area (Å²) in [6.45, 7) is 1.09. The standard InChI is InChI=1S/C11H13Br2N3O3S/c12-8-1-2-10(13)9(7-8)11(17)15-3-5-16(6-4-15)20(14,18)19/h1-2,7H,3-6H2,(H2,14,18,19). The monoisotopic (exact) mass is 425 g/mol. The quantitative estimate of drug-likeness (QED) is 0.770. The first kappa shape index (κ1) is 15.9. The van der Waals surface area contributed by atoms with Crippen LogP contribution in [0.15, 0.2) is 27.1 Å². The number of benzene rings is 1. The van der Waals surface area contributed by atoms with Crippen LogP contribution in [0, 0.1) is 0 Å². The number of piperazine rings is 1. The maximum absolute atomic E-state index is 12.4. The number of nitrogens with two attached hydrogens (primary N) is 1. The Labute approximate surface area is 134 Å². The average Bonchev–Trinajstić information content (AvgIpc) is 2.40. The smallest absolute Gasteiger partial charge is 0.277 e. The molecule has 1 aliphatic rings. The molecule has 1 aromatic carbocycles. The first-order valence-corrected chi connectivity index (χ1v) is 8.90. The summed E-state index contributed by atoms with van der Waals surface area (Å²) in [5.74, 6) is -0.132. The van der Waals surface area contributed by atoms with E-state index in [4.69, 9.17) is 5.14 Å². The van der Waals surface area contributed by atoms with Gasteiger partial charge in [-0.15, -0.1) is 0 Å². The summed E-state index contributed by atoms with van der Waals surface area (Å²) >= 11 is 6.68. The molecule has 2 N–H and O–H groups in total. The summed E-state index contributed by atoms with van der Waals surface area (Å²) in [5.41, 5.74) is 0.545. The van der Waals surface area contributed by atoms with Crippen molar-refractivity contribution < 1.29 is 13.2 Å². The fourth-order valence-corrected chi connectivity index (χ4v) is 3.43. The molecular weight excluding hydrogens is 414 g/mol. The highest BCUT2D eigenvalue weighted by molar-refractivity contribution is 9.11. The van der Waals surface area contributed by atoms with Gasteiger partial charge in [-0.3, -0.25) is 4.79 Å². The van der Waals surface area contributed by atoms with Gasteiger partial charge in [-0.25, -0.2) is 5.14 Å². The van der Waals surface area contributed by atoms with Gasteiger partial charge in [0.1, 0.15) is 0 Å². The molecule has 9 heteroatoms. The van der Waals surface area contributed by atoms with Gasteiger partial charge < -0.3 is 4.90 Å². The largest absolute Gasteiger partial charge is 0.336 e. The highest BCUT2D eigenvalue weighted by Gasteiger charge is 2.27. The second-order valence-electron chi connectivity index (χ2n) is 4.36. The third-order valence-electron chi connectivity index (χ3n) is 3.04. The van der Waals surface area contributed by atoms with E-state index in [1.807, 2.05) is 6.07 Å². The molecular formula is C11H13Br2N3O3S. The summed E-state index contributed by atoms with van der Waals surface area (Å²) in [7, 11) is -3.68. The molecule has 1 saturated heterocycles. The van der Waals surface area contributed by atoms with E-state index in [0.29, 0.717) is 23.1 Å². The van der Waals surface area contributed by atoms with Gasteiger partial charge in [0.25, 0.3) is 16.1 Å². The highest BCUT2D eigenvalue weighted by atomic mass is 79.9. The van der Waals surface area contributed by atoms with Gasteiger partial charge in [0.2, 0.25) is 0 Å². The second-order valence-corrected chi connectivity index (χ2v) is 7.68. The molecule has 1 aliphatic heterocycles. The van der Waals surface area contributed by atoms with E-state index in [2.05, 4.69) is 31.9 Å². The lowest BCUT2D eigenvalue weighted by Gasteiger charge is -2.33. The SMILES string of the molecule is NS(=O)(=O)N1CCN(C(=O)c2cc(Br)ccc2Br)CC1. The van der Waals surface area contributed by atoms with E-state index < -0.39 is 10.2 Å². The number of carbonyl (C=O) groups excluding carboxylic acids is 1. The van der Waals surface area contributed by atoms with E-state index >= 15 is 0 Å². The number of amides is 1. The van der Waals surface area contributed by atoms with Gasteiger partial charge >= 0.3 is 0 Å². The lowest BCUT2D eigenvalue weighted by molar-refractivity contribution is 0.0697. The second kappa shape index (κ2) is 6.10. The van der Waals surface area contributed by atoms with Crippen molar-refractivity contribution in [3.63, 3.8) is 0 Å². The van der Waals surface area contributed by atoms with Gasteiger partial charge in [-0.1, -0.05) is 15.9 Å². The lowest BCUT2D eigenvalue weighted by Crippen LogP contribution is -2.52. The maximum Gasteiger partial charge on any atom is 0.277 e. The Morgan fingerprint density at radius 3 is 2.30 bits per heavy atom. The van der Waals surface area contributed by atoms with Gasteiger partial charge in [0.15, 0.2) is 0 Å². The van der Waals surface area contributed by atoms with Crippen LogP contribution in [0.5, 0.6) is 0 Å². The number of hydrogen-bond donors (Lipinski definition) is 1. The molecule has 0 atom stereocenters. The summed E-state index contributed by atoms with van der Waals surface area (Å²) in [5, 5.41) is 5.07. The Hall–Kier alpha value is -0.480. The molecule has 0 spiro atoms. The van der Waals surface area contributed by atoms with E-state index in [9.17, 15) is 13.2 Å². The number of nitrogens with zero attached hydrogens (tertiary/aromatic N) is 2. The van der Waals surface area contributed by atoms with Crippen LogP contribution in [0.4, 0.5) is 0 Å². The molecule has 1 amide bonds. The zero-order valence-electron chi connectivity index (χ0n) is 10.4. The predicted molar refractivity (Wildman–Crippen MR) is 82.4 cm³/mol. The van der Waals surface area contributed by atoms with Crippen molar-refractivity contribution in [2.24, 2.45) is 5.14 Å². The van der Waals surface area contributed by atoms with Crippen molar-refractivity contribution in [3.05, 3.63) is 32.7 Å². The molecule has 1 aromatic rings. The molecule has 0 aromatic heterocycles. The molecule has 0 radical (unpaired) electrons. The lowest BCUT2D eigenvalue weighted by atomic mass is 10.2. The van der Waals surface area contributed by atoms with Gasteiger partial charge in [-0.2, -0.15) is 12.7 Å². The summed E-state index contributed by atoms with van der Waals surface area (Å²) < 4.78 is 25.1. The number of rotatable bonds is 2. The molecule has 1 fully saturated rings. The van der Waals surface area contributed by atoms with Gasteiger partial charge in [0, 0.05) is 35.1 Å². The minimum Gasteiger partial charge on any atom is -0.336 e. The van der Waals surface area contributed by atoms with Crippen LogP contribution in [0.2, 0.25) is 0 Å². The Morgan fingerprint density at radius 2 is 1.75 bits per heavy atom. The van der Waals surface area contributed by atoms with Crippen LogP contribution in [0.25, 0.3) is 0 Å². The Balaban J connectivity index is 2.11. The summed E-state index contributed by atoms with van der Waals surface area (Å²) in [6, 6.07) is 5.36. The Kier molecular flexibility index (Phi) is 4.85. The first-order valence-electron chi connectivity index (χ1n) is 5.81. The Bertz CT molecular complexity index is 628. The molecule has 0 unspecified atom stereocenters. The van der Waals surface area contributed by atoms with Gasteiger partial charge in [-0.05, 0) is 34.1 Å². The maximum atomic E-state index is 12.4. The molecule has 0 aliphatic carbocycles. The fraction of sp³-hybridized carbons (Fsp3) is 0.364. The summed E-state index contributed by atoms with van der Waals surface area (Å²) in [6.07, 6.45) is 0. The van der Waals surface area contributed by atoms with Crippen LogP contribution in [0.1, 0.15) is 10.4 Å². The van der Waals surface area contributed by atoms with Crippen LogP contribution < -0.4 is 5.14 Å². The van der Waals surface area contributed by atoms with Crippen molar-refractivity contribution in [3.8, 4) is 0 Å².